The van der Waals surface area contributed by atoms with Gasteiger partial charge in [-0.15, -0.1) is 0 Å². The summed E-state index contributed by atoms with van der Waals surface area (Å²) in [5.41, 5.74) is 5.52. The van der Waals surface area contributed by atoms with E-state index in [2.05, 4.69) is 53.4 Å². The number of aromatic nitrogens is 3. The molecule has 30 heavy (non-hydrogen) atoms. The van der Waals surface area contributed by atoms with Crippen LogP contribution >= 0.6 is 0 Å². The number of aliphatic hydroxyl groups is 1. The predicted molar refractivity (Wildman–Crippen MR) is 118 cm³/mol. The first-order valence-electron chi connectivity index (χ1n) is 10.8. The molecule has 2 aliphatic heterocycles. The Hall–Kier alpha value is -2.64. The second-order valence-corrected chi connectivity index (χ2v) is 8.59. The Morgan fingerprint density at radius 1 is 1.13 bits per heavy atom. The highest BCUT2D eigenvalue weighted by molar-refractivity contribution is 5.80. The third-order valence-electron chi connectivity index (χ3n) is 6.38. The number of benzene rings is 1. The summed E-state index contributed by atoms with van der Waals surface area (Å²) in [4.78, 5) is 7.04. The van der Waals surface area contributed by atoms with Crippen LogP contribution in [-0.4, -0.2) is 58.7 Å². The lowest BCUT2D eigenvalue weighted by molar-refractivity contribution is 0.0699. The van der Waals surface area contributed by atoms with Crippen LogP contribution in [0.5, 0.6) is 0 Å². The molecule has 7 heteroatoms. The van der Waals surface area contributed by atoms with Crippen LogP contribution in [-0.2, 0) is 4.74 Å². The Morgan fingerprint density at radius 3 is 2.67 bits per heavy atom. The zero-order valence-corrected chi connectivity index (χ0v) is 17.6. The molecule has 0 aliphatic carbocycles. The van der Waals surface area contributed by atoms with Gasteiger partial charge in [-0.1, -0.05) is 18.2 Å². The maximum absolute atomic E-state index is 9.77. The fourth-order valence-corrected chi connectivity index (χ4v) is 4.19. The summed E-state index contributed by atoms with van der Waals surface area (Å²) in [5, 5.41) is 18.1. The molecule has 7 nitrogen and oxygen atoms in total. The largest absolute Gasteiger partial charge is 0.389 e. The van der Waals surface area contributed by atoms with Crippen molar-refractivity contribution in [3.05, 3.63) is 41.6 Å². The zero-order valence-electron chi connectivity index (χ0n) is 17.6. The van der Waals surface area contributed by atoms with Gasteiger partial charge in [-0.25, -0.2) is 4.98 Å². The van der Waals surface area contributed by atoms with Gasteiger partial charge in [-0.3, -0.25) is 0 Å². The zero-order chi connectivity index (χ0) is 20.7. The van der Waals surface area contributed by atoms with Crippen molar-refractivity contribution in [3.63, 3.8) is 0 Å². The molecule has 0 unspecified atom stereocenters. The van der Waals surface area contributed by atoms with Crippen LogP contribution in [0.1, 0.15) is 24.0 Å². The SMILES string of the molecule is Cc1ccc(-c2cnn3c(NCC4CCOCC4)cc(N4CC(O)C4)nc23)cc1C. The topological polar surface area (TPSA) is 74.9 Å². The van der Waals surface area contributed by atoms with Crippen LogP contribution < -0.4 is 10.2 Å². The van der Waals surface area contributed by atoms with Crippen molar-refractivity contribution in [1.82, 2.24) is 14.6 Å². The molecule has 0 amide bonds. The maximum Gasteiger partial charge on any atom is 0.167 e. The van der Waals surface area contributed by atoms with E-state index in [1.807, 2.05) is 10.7 Å². The Balaban J connectivity index is 1.52. The van der Waals surface area contributed by atoms with Gasteiger partial charge in [0.05, 0.1) is 12.3 Å². The fraction of sp³-hybridized carbons (Fsp3) is 0.478. The maximum atomic E-state index is 9.77. The molecule has 0 radical (unpaired) electrons. The van der Waals surface area contributed by atoms with Gasteiger partial charge < -0.3 is 20.1 Å². The number of aliphatic hydroxyl groups excluding tert-OH is 1. The highest BCUT2D eigenvalue weighted by Crippen LogP contribution is 2.31. The average molecular weight is 408 g/mol. The molecule has 2 aliphatic rings. The Morgan fingerprint density at radius 2 is 1.93 bits per heavy atom. The van der Waals surface area contributed by atoms with Crippen LogP contribution in [0.25, 0.3) is 16.8 Å². The van der Waals surface area contributed by atoms with E-state index >= 15 is 0 Å². The Labute approximate surface area is 176 Å². The number of hydrogen-bond acceptors (Lipinski definition) is 6. The summed E-state index contributed by atoms with van der Waals surface area (Å²) in [6, 6.07) is 8.53. The number of aryl methyl sites for hydroxylation is 2. The van der Waals surface area contributed by atoms with Crippen LogP contribution in [0.4, 0.5) is 11.6 Å². The normalized spacial score (nSPS) is 18.0. The molecule has 3 aromatic rings. The standard InChI is InChI=1S/C23H29N5O2/c1-15-3-4-18(9-16(15)2)20-12-25-28-21(24-11-17-5-7-30-8-6-17)10-22(26-23(20)28)27-13-19(29)14-27/h3-4,9-10,12,17,19,24,29H,5-8,11,13-14H2,1-2H3. The van der Waals surface area contributed by atoms with Gasteiger partial charge in [0.15, 0.2) is 5.65 Å². The van der Waals surface area contributed by atoms with Crippen molar-refractivity contribution in [2.24, 2.45) is 5.92 Å². The summed E-state index contributed by atoms with van der Waals surface area (Å²) in [6.45, 7) is 8.07. The minimum atomic E-state index is -0.272. The number of hydrogen-bond donors (Lipinski definition) is 2. The molecule has 0 spiro atoms. The average Bonchev–Trinajstić information content (AvgIpc) is 3.16. The summed E-state index contributed by atoms with van der Waals surface area (Å²) < 4.78 is 7.40. The van der Waals surface area contributed by atoms with Crippen molar-refractivity contribution in [2.45, 2.75) is 32.8 Å². The lowest BCUT2D eigenvalue weighted by Gasteiger charge is -2.37. The van der Waals surface area contributed by atoms with E-state index in [1.54, 1.807) is 0 Å². The molecule has 2 N–H and O–H groups in total. The minimum Gasteiger partial charge on any atom is -0.389 e. The van der Waals surface area contributed by atoms with Gasteiger partial charge >= 0.3 is 0 Å². The monoisotopic (exact) mass is 407 g/mol. The molecular weight excluding hydrogens is 378 g/mol. The van der Waals surface area contributed by atoms with E-state index in [0.717, 1.165) is 61.0 Å². The molecule has 2 aromatic heterocycles. The van der Waals surface area contributed by atoms with Gasteiger partial charge in [0.2, 0.25) is 0 Å². The lowest BCUT2D eigenvalue weighted by atomic mass is 10.0. The van der Waals surface area contributed by atoms with Gasteiger partial charge in [-0.05, 0) is 49.3 Å². The Kier molecular flexibility index (Phi) is 5.08. The van der Waals surface area contributed by atoms with Crippen LogP contribution in [0.3, 0.4) is 0 Å². The first-order valence-corrected chi connectivity index (χ1v) is 10.8. The van der Waals surface area contributed by atoms with Crippen molar-refractivity contribution in [2.75, 3.05) is 43.1 Å². The molecular formula is C23H29N5O2. The van der Waals surface area contributed by atoms with E-state index in [-0.39, 0.29) is 6.10 Å². The minimum absolute atomic E-state index is 0.272. The number of anilines is 2. The molecule has 0 bridgehead atoms. The smallest absolute Gasteiger partial charge is 0.167 e. The van der Waals surface area contributed by atoms with E-state index in [9.17, 15) is 5.11 Å². The molecule has 0 atom stereocenters. The number of rotatable bonds is 5. The molecule has 5 rings (SSSR count). The lowest BCUT2D eigenvalue weighted by Crippen LogP contribution is -2.51. The second kappa shape index (κ2) is 7.89. The Bertz CT molecular complexity index is 1050. The molecule has 0 saturated carbocycles. The summed E-state index contributed by atoms with van der Waals surface area (Å²) >= 11 is 0. The predicted octanol–water partition coefficient (Wildman–Crippen LogP) is 3.03. The molecule has 4 heterocycles. The van der Waals surface area contributed by atoms with E-state index in [1.165, 1.54) is 11.1 Å². The molecule has 2 saturated heterocycles. The van der Waals surface area contributed by atoms with E-state index in [0.29, 0.717) is 19.0 Å². The highest BCUT2D eigenvalue weighted by atomic mass is 16.5. The number of nitrogens with zero attached hydrogens (tertiary/aromatic N) is 4. The number of nitrogens with one attached hydrogen (secondary N) is 1. The summed E-state index contributed by atoms with van der Waals surface area (Å²) in [6.07, 6.45) is 3.80. The number of ether oxygens (including phenoxy) is 1. The molecule has 2 fully saturated rings. The van der Waals surface area contributed by atoms with E-state index in [4.69, 9.17) is 9.72 Å². The van der Waals surface area contributed by atoms with Gasteiger partial charge in [0.25, 0.3) is 0 Å². The number of fused-ring (bicyclic) bond motifs is 1. The molecule has 158 valence electrons. The third kappa shape index (κ3) is 3.63. The third-order valence-corrected chi connectivity index (χ3v) is 6.38. The van der Waals surface area contributed by atoms with Crippen molar-refractivity contribution in [1.29, 1.82) is 0 Å². The fourth-order valence-electron chi connectivity index (χ4n) is 4.19. The quantitative estimate of drug-likeness (QED) is 0.677. The van der Waals surface area contributed by atoms with Crippen LogP contribution in [0.2, 0.25) is 0 Å². The van der Waals surface area contributed by atoms with Gasteiger partial charge in [0.1, 0.15) is 11.6 Å². The van der Waals surface area contributed by atoms with Crippen molar-refractivity contribution < 1.29 is 9.84 Å². The van der Waals surface area contributed by atoms with Crippen molar-refractivity contribution in [3.8, 4) is 11.1 Å². The summed E-state index contributed by atoms with van der Waals surface area (Å²) in [7, 11) is 0. The van der Waals surface area contributed by atoms with Crippen LogP contribution in [0, 0.1) is 19.8 Å². The second-order valence-electron chi connectivity index (χ2n) is 8.59. The summed E-state index contributed by atoms with van der Waals surface area (Å²) in [5.74, 6) is 2.43. The van der Waals surface area contributed by atoms with E-state index < -0.39 is 0 Å². The number of β-amino-alcohol motifs (C(OH)–C–C–N with tert-alkyl or cyclic N) is 1. The first kappa shape index (κ1) is 19.3. The molecule has 1 aromatic carbocycles. The van der Waals surface area contributed by atoms with Gasteiger partial charge in [-0.2, -0.15) is 9.61 Å². The van der Waals surface area contributed by atoms with Gasteiger partial charge in [0, 0.05) is 44.5 Å². The van der Waals surface area contributed by atoms with Crippen LogP contribution in [0.15, 0.2) is 30.5 Å². The first-order chi connectivity index (χ1) is 14.6. The highest BCUT2D eigenvalue weighted by Gasteiger charge is 2.27. The van der Waals surface area contributed by atoms with Crippen molar-refractivity contribution >= 4 is 17.3 Å².